The lowest BCUT2D eigenvalue weighted by Crippen LogP contribution is -2.32. The first-order valence-corrected chi connectivity index (χ1v) is 4.00. The highest BCUT2D eigenvalue weighted by Gasteiger charge is 2.35. The second kappa shape index (κ2) is 2.58. The van der Waals surface area contributed by atoms with Crippen molar-refractivity contribution in [3.8, 4) is 5.75 Å². The molecule has 68 valence electrons. The number of hydrogen-bond acceptors (Lipinski definition) is 3. The molecule has 0 amide bonds. The molecule has 0 radical (unpaired) electrons. The molecule has 3 heteroatoms. The Morgan fingerprint density at radius 2 is 2.23 bits per heavy atom. The van der Waals surface area contributed by atoms with Crippen LogP contribution in [-0.4, -0.2) is 16.2 Å². The van der Waals surface area contributed by atoms with E-state index in [1.807, 2.05) is 6.07 Å². The first-order valence-electron chi connectivity index (χ1n) is 4.00. The van der Waals surface area contributed by atoms with Crippen LogP contribution in [0.2, 0.25) is 0 Å². The van der Waals surface area contributed by atoms with Crippen LogP contribution >= 0.6 is 0 Å². The topological polar surface area (TPSA) is 49.7 Å². The summed E-state index contributed by atoms with van der Waals surface area (Å²) in [5, 5.41) is 18.5. The predicted octanol–water partition coefficient (Wildman–Crippen LogP) is 0.903. The van der Waals surface area contributed by atoms with Crippen molar-refractivity contribution in [2.24, 2.45) is 0 Å². The van der Waals surface area contributed by atoms with Gasteiger partial charge in [-0.15, -0.1) is 0 Å². The van der Waals surface area contributed by atoms with Crippen LogP contribution in [0, 0.1) is 0 Å². The molecule has 0 bridgehead atoms. The molecule has 0 aliphatic carbocycles. The highest BCUT2D eigenvalue weighted by Crippen LogP contribution is 2.34. The molecule has 2 N–H and O–H groups in total. The van der Waals surface area contributed by atoms with Crippen molar-refractivity contribution in [2.45, 2.75) is 12.4 Å². The van der Waals surface area contributed by atoms with E-state index in [1.165, 1.54) is 0 Å². The third-order valence-corrected chi connectivity index (χ3v) is 2.07. The summed E-state index contributed by atoms with van der Waals surface area (Å²) in [6.45, 7) is 3.64. The Balaban J connectivity index is 2.51. The van der Waals surface area contributed by atoms with Crippen molar-refractivity contribution in [2.75, 3.05) is 0 Å². The van der Waals surface area contributed by atoms with E-state index in [1.54, 1.807) is 18.2 Å². The van der Waals surface area contributed by atoms with Gasteiger partial charge in [0.15, 0.2) is 0 Å². The first kappa shape index (κ1) is 8.29. The Bertz CT molecular complexity index is 355. The van der Waals surface area contributed by atoms with Crippen LogP contribution in [-0.2, 0) is 6.42 Å². The Morgan fingerprint density at radius 1 is 1.46 bits per heavy atom. The minimum Gasteiger partial charge on any atom is -0.439 e. The lowest BCUT2D eigenvalue weighted by molar-refractivity contribution is -0.279. The Labute approximate surface area is 75.9 Å². The molecule has 1 aromatic rings. The molecule has 0 saturated heterocycles. The van der Waals surface area contributed by atoms with Crippen LogP contribution in [0.4, 0.5) is 0 Å². The van der Waals surface area contributed by atoms with Crippen LogP contribution in [0.15, 0.2) is 24.8 Å². The van der Waals surface area contributed by atoms with Crippen molar-refractivity contribution >= 4 is 6.08 Å². The fraction of sp³-hybridized carbons (Fsp3) is 0.200. The maximum atomic E-state index is 9.23. The highest BCUT2D eigenvalue weighted by molar-refractivity contribution is 5.58. The summed E-state index contributed by atoms with van der Waals surface area (Å²) in [5.41, 5.74) is 1.67. The Kier molecular flexibility index (Phi) is 1.65. The number of benzene rings is 1. The highest BCUT2D eigenvalue weighted by atomic mass is 16.8. The zero-order chi connectivity index (χ0) is 9.47. The van der Waals surface area contributed by atoms with E-state index >= 15 is 0 Å². The fourth-order valence-corrected chi connectivity index (χ4v) is 1.50. The average Bonchev–Trinajstić information content (AvgIpc) is 2.37. The van der Waals surface area contributed by atoms with Gasteiger partial charge in [0.2, 0.25) is 0 Å². The van der Waals surface area contributed by atoms with E-state index in [-0.39, 0.29) is 6.42 Å². The Hall–Kier alpha value is -1.32. The first-order chi connectivity index (χ1) is 6.12. The number of fused-ring (bicyclic) bond motifs is 1. The molecule has 1 aliphatic heterocycles. The van der Waals surface area contributed by atoms with Gasteiger partial charge in [-0.05, 0) is 11.6 Å². The maximum absolute atomic E-state index is 9.23. The molecule has 0 atom stereocenters. The number of aliphatic hydroxyl groups is 2. The summed E-state index contributed by atoms with van der Waals surface area (Å²) in [5.74, 6) is -1.54. The zero-order valence-corrected chi connectivity index (χ0v) is 7.03. The van der Waals surface area contributed by atoms with Crippen LogP contribution in [0.3, 0.4) is 0 Å². The molecular formula is C10H10O3. The van der Waals surface area contributed by atoms with Gasteiger partial charge in [-0.25, -0.2) is 0 Å². The van der Waals surface area contributed by atoms with Gasteiger partial charge in [0.1, 0.15) is 5.75 Å². The van der Waals surface area contributed by atoms with Crippen molar-refractivity contribution in [1.29, 1.82) is 0 Å². The van der Waals surface area contributed by atoms with Crippen LogP contribution in [0.25, 0.3) is 6.08 Å². The third kappa shape index (κ3) is 1.32. The number of ether oxygens (including phenoxy) is 1. The summed E-state index contributed by atoms with van der Waals surface area (Å²) in [6, 6.07) is 5.35. The minimum absolute atomic E-state index is 0.0878. The van der Waals surface area contributed by atoms with Gasteiger partial charge in [0, 0.05) is 5.56 Å². The molecule has 0 spiro atoms. The smallest absolute Gasteiger partial charge is 0.326 e. The summed E-state index contributed by atoms with van der Waals surface area (Å²) in [6.07, 6.45) is 1.76. The fourth-order valence-electron chi connectivity index (χ4n) is 1.50. The maximum Gasteiger partial charge on any atom is 0.326 e. The van der Waals surface area contributed by atoms with Gasteiger partial charge in [-0.1, -0.05) is 24.8 Å². The normalized spacial score (nSPS) is 17.7. The van der Waals surface area contributed by atoms with Gasteiger partial charge in [-0.3, -0.25) is 0 Å². The van der Waals surface area contributed by atoms with Crippen molar-refractivity contribution in [3.05, 3.63) is 35.9 Å². The second-order valence-electron chi connectivity index (χ2n) is 3.05. The number of hydrogen-bond donors (Lipinski definition) is 2. The van der Waals surface area contributed by atoms with Gasteiger partial charge in [0.25, 0.3) is 0 Å². The third-order valence-electron chi connectivity index (χ3n) is 2.07. The van der Waals surface area contributed by atoms with Crippen LogP contribution < -0.4 is 4.74 Å². The monoisotopic (exact) mass is 178 g/mol. The summed E-state index contributed by atoms with van der Waals surface area (Å²) < 4.78 is 4.90. The molecule has 1 aliphatic rings. The average molecular weight is 178 g/mol. The molecule has 13 heavy (non-hydrogen) atoms. The molecule has 1 aromatic carbocycles. The van der Waals surface area contributed by atoms with E-state index in [0.717, 1.165) is 11.1 Å². The molecule has 1 heterocycles. The molecule has 0 aromatic heterocycles. The van der Waals surface area contributed by atoms with Crippen LogP contribution in [0.5, 0.6) is 5.75 Å². The van der Waals surface area contributed by atoms with E-state index in [4.69, 9.17) is 4.74 Å². The lowest BCUT2D eigenvalue weighted by Gasteiger charge is -2.12. The standard InChI is InChI=1S/C10H10O3/c1-2-7-4-3-5-9-8(7)6-10(11,12)13-9/h2-5,11-12H,1,6H2. The SMILES string of the molecule is C=Cc1cccc2c1CC(O)(O)O2. The van der Waals surface area contributed by atoms with Crippen molar-refractivity contribution in [3.63, 3.8) is 0 Å². The van der Waals surface area contributed by atoms with E-state index < -0.39 is 5.97 Å². The molecule has 0 fully saturated rings. The van der Waals surface area contributed by atoms with Gasteiger partial charge in [-0.2, -0.15) is 0 Å². The van der Waals surface area contributed by atoms with E-state index in [2.05, 4.69) is 6.58 Å². The van der Waals surface area contributed by atoms with Crippen molar-refractivity contribution in [1.82, 2.24) is 0 Å². The lowest BCUT2D eigenvalue weighted by atomic mass is 10.0. The van der Waals surface area contributed by atoms with Crippen molar-refractivity contribution < 1.29 is 14.9 Å². The largest absolute Gasteiger partial charge is 0.439 e. The molecule has 2 rings (SSSR count). The van der Waals surface area contributed by atoms with E-state index in [9.17, 15) is 10.2 Å². The number of rotatable bonds is 1. The summed E-state index contributed by atoms with van der Waals surface area (Å²) in [7, 11) is 0. The van der Waals surface area contributed by atoms with E-state index in [0.29, 0.717) is 5.75 Å². The molecule has 0 unspecified atom stereocenters. The predicted molar refractivity (Wildman–Crippen MR) is 48.0 cm³/mol. The Morgan fingerprint density at radius 3 is 2.92 bits per heavy atom. The zero-order valence-electron chi connectivity index (χ0n) is 7.03. The van der Waals surface area contributed by atoms with Gasteiger partial charge in [0.05, 0.1) is 6.42 Å². The summed E-state index contributed by atoms with van der Waals surface area (Å²) in [4.78, 5) is 0. The summed E-state index contributed by atoms with van der Waals surface area (Å²) >= 11 is 0. The second-order valence-corrected chi connectivity index (χ2v) is 3.05. The van der Waals surface area contributed by atoms with Crippen LogP contribution in [0.1, 0.15) is 11.1 Å². The van der Waals surface area contributed by atoms with Gasteiger partial charge >= 0.3 is 5.97 Å². The molecule has 3 nitrogen and oxygen atoms in total. The minimum atomic E-state index is -2.05. The quantitative estimate of drug-likeness (QED) is 0.628. The molecular weight excluding hydrogens is 168 g/mol. The molecule has 0 saturated carbocycles. The van der Waals surface area contributed by atoms with Gasteiger partial charge < -0.3 is 14.9 Å².